The number of H-pyrrole nitrogens is 1. The van der Waals surface area contributed by atoms with Crippen molar-refractivity contribution in [3.05, 3.63) is 51.3 Å². The van der Waals surface area contributed by atoms with Crippen LogP contribution in [0.25, 0.3) is 21.7 Å². The van der Waals surface area contributed by atoms with Gasteiger partial charge in [-0.3, -0.25) is 4.79 Å². The highest BCUT2D eigenvalue weighted by Gasteiger charge is 2.17. The number of aromatic nitrogens is 3. The molecular weight excluding hydrogens is 364 g/mol. The number of carbonyl (C=O) groups is 1. The van der Waals surface area contributed by atoms with Gasteiger partial charge in [-0.25, -0.2) is 9.97 Å². The van der Waals surface area contributed by atoms with Crippen LogP contribution in [0.2, 0.25) is 0 Å². The number of nitrogens with one attached hydrogen (secondary N) is 2. The molecule has 2 N–H and O–H groups in total. The van der Waals surface area contributed by atoms with Gasteiger partial charge in [0, 0.05) is 11.6 Å². The molecule has 26 heavy (non-hydrogen) atoms. The van der Waals surface area contributed by atoms with Gasteiger partial charge in [-0.05, 0) is 36.6 Å². The average Bonchev–Trinajstić information content (AvgIpc) is 3.32. The van der Waals surface area contributed by atoms with Gasteiger partial charge in [0.1, 0.15) is 10.7 Å². The van der Waals surface area contributed by atoms with Crippen molar-refractivity contribution in [2.24, 2.45) is 0 Å². The topological polar surface area (TPSA) is 70.7 Å². The van der Waals surface area contributed by atoms with E-state index < -0.39 is 0 Å². The molecule has 132 valence electrons. The van der Waals surface area contributed by atoms with E-state index in [4.69, 9.17) is 0 Å². The van der Waals surface area contributed by atoms with E-state index in [0.29, 0.717) is 10.8 Å². The summed E-state index contributed by atoms with van der Waals surface area (Å²) in [6, 6.07) is 9.74. The van der Waals surface area contributed by atoms with Crippen LogP contribution in [-0.2, 0) is 0 Å². The number of benzene rings is 1. The summed E-state index contributed by atoms with van der Waals surface area (Å²) in [6.07, 6.45) is 0. The van der Waals surface area contributed by atoms with Gasteiger partial charge in [-0.1, -0.05) is 19.9 Å². The second-order valence-electron chi connectivity index (χ2n) is 6.37. The van der Waals surface area contributed by atoms with Crippen LogP contribution in [0.1, 0.15) is 40.1 Å². The summed E-state index contributed by atoms with van der Waals surface area (Å²) < 4.78 is 0. The molecule has 0 unspecified atom stereocenters. The van der Waals surface area contributed by atoms with E-state index in [1.165, 1.54) is 11.3 Å². The van der Waals surface area contributed by atoms with Crippen LogP contribution >= 0.6 is 22.7 Å². The Morgan fingerprint density at radius 3 is 2.77 bits per heavy atom. The number of aryl methyl sites for hydroxylation is 1. The number of anilines is 1. The fourth-order valence-corrected chi connectivity index (χ4v) is 4.31. The van der Waals surface area contributed by atoms with E-state index in [0.717, 1.165) is 38.1 Å². The first-order chi connectivity index (χ1) is 12.5. The van der Waals surface area contributed by atoms with E-state index in [1.54, 1.807) is 11.3 Å². The molecule has 0 fully saturated rings. The predicted octanol–water partition coefficient (Wildman–Crippen LogP) is 5.43. The SMILES string of the molecule is Cc1nc(C(C)C)sc1C(=O)Nc1ccc2nc(-c3cccs3)[nH]c2c1. The van der Waals surface area contributed by atoms with Gasteiger partial charge < -0.3 is 10.3 Å². The zero-order chi connectivity index (χ0) is 18.3. The zero-order valence-corrected chi connectivity index (χ0v) is 16.3. The molecule has 0 atom stereocenters. The van der Waals surface area contributed by atoms with Crippen LogP contribution in [-0.4, -0.2) is 20.9 Å². The fourth-order valence-electron chi connectivity index (χ4n) is 2.68. The molecule has 7 heteroatoms. The summed E-state index contributed by atoms with van der Waals surface area (Å²) in [4.78, 5) is 26.8. The maximum atomic E-state index is 12.6. The second-order valence-corrected chi connectivity index (χ2v) is 8.35. The Kier molecular flexibility index (Phi) is 4.34. The van der Waals surface area contributed by atoms with Crippen molar-refractivity contribution in [1.29, 1.82) is 0 Å². The van der Waals surface area contributed by atoms with E-state index in [9.17, 15) is 4.79 Å². The molecule has 3 heterocycles. The largest absolute Gasteiger partial charge is 0.337 e. The van der Waals surface area contributed by atoms with Crippen LogP contribution in [0.15, 0.2) is 35.7 Å². The number of aromatic amines is 1. The minimum Gasteiger partial charge on any atom is -0.337 e. The predicted molar refractivity (Wildman–Crippen MR) is 108 cm³/mol. The highest BCUT2D eigenvalue weighted by molar-refractivity contribution is 7.14. The Morgan fingerprint density at radius 2 is 2.08 bits per heavy atom. The maximum absolute atomic E-state index is 12.6. The van der Waals surface area contributed by atoms with Crippen molar-refractivity contribution in [2.75, 3.05) is 5.32 Å². The summed E-state index contributed by atoms with van der Waals surface area (Å²) in [7, 11) is 0. The summed E-state index contributed by atoms with van der Waals surface area (Å²) >= 11 is 3.10. The average molecular weight is 383 g/mol. The van der Waals surface area contributed by atoms with E-state index >= 15 is 0 Å². The summed E-state index contributed by atoms with van der Waals surface area (Å²) in [5.41, 5.74) is 3.29. The molecule has 0 saturated carbocycles. The normalized spacial score (nSPS) is 11.4. The van der Waals surface area contributed by atoms with Crippen molar-refractivity contribution < 1.29 is 4.79 Å². The Bertz CT molecular complexity index is 1080. The van der Waals surface area contributed by atoms with Gasteiger partial charge in [-0.15, -0.1) is 22.7 Å². The summed E-state index contributed by atoms with van der Waals surface area (Å²) in [5, 5.41) is 5.98. The number of thiophene rings is 1. The standard InChI is InChI=1S/C19H18N4OS2/c1-10(2)19-20-11(3)16(26-19)18(24)21-12-6-7-13-14(9-12)23-17(22-13)15-5-4-8-25-15/h4-10H,1-3H3,(H,21,24)(H,22,23). The van der Waals surface area contributed by atoms with Gasteiger partial charge in [0.15, 0.2) is 0 Å². The second kappa shape index (κ2) is 6.66. The molecule has 0 aliphatic rings. The number of imidazole rings is 1. The highest BCUT2D eigenvalue weighted by Crippen LogP contribution is 2.28. The molecule has 4 aromatic rings. The fraction of sp³-hybridized carbons (Fsp3) is 0.211. The third-order valence-electron chi connectivity index (χ3n) is 4.01. The molecule has 1 amide bonds. The molecule has 0 aliphatic heterocycles. The number of hydrogen-bond donors (Lipinski definition) is 2. The van der Waals surface area contributed by atoms with Gasteiger partial charge >= 0.3 is 0 Å². The minimum atomic E-state index is -0.121. The first kappa shape index (κ1) is 16.9. The Labute approximate surface area is 159 Å². The van der Waals surface area contributed by atoms with Crippen molar-refractivity contribution >= 4 is 45.3 Å². The van der Waals surface area contributed by atoms with Gasteiger partial charge in [-0.2, -0.15) is 0 Å². The third-order valence-corrected chi connectivity index (χ3v) is 6.34. The van der Waals surface area contributed by atoms with Crippen LogP contribution in [0, 0.1) is 6.92 Å². The van der Waals surface area contributed by atoms with Crippen molar-refractivity contribution in [3.8, 4) is 10.7 Å². The van der Waals surface area contributed by atoms with Crippen LogP contribution in [0.5, 0.6) is 0 Å². The quantitative estimate of drug-likeness (QED) is 0.494. The highest BCUT2D eigenvalue weighted by atomic mass is 32.1. The lowest BCUT2D eigenvalue weighted by atomic mass is 10.2. The Hall–Kier alpha value is -2.51. The van der Waals surface area contributed by atoms with Crippen LogP contribution in [0.4, 0.5) is 5.69 Å². The molecule has 0 spiro atoms. The van der Waals surface area contributed by atoms with Crippen molar-refractivity contribution in [3.63, 3.8) is 0 Å². The zero-order valence-electron chi connectivity index (χ0n) is 14.7. The Morgan fingerprint density at radius 1 is 1.23 bits per heavy atom. The van der Waals surface area contributed by atoms with Gasteiger partial charge in [0.05, 0.1) is 26.6 Å². The lowest BCUT2D eigenvalue weighted by molar-refractivity contribution is 0.103. The van der Waals surface area contributed by atoms with Gasteiger partial charge in [0.2, 0.25) is 0 Å². The van der Waals surface area contributed by atoms with E-state index in [1.807, 2.05) is 42.6 Å². The molecular formula is C19H18N4OS2. The number of rotatable bonds is 4. The molecule has 0 radical (unpaired) electrons. The van der Waals surface area contributed by atoms with Crippen LogP contribution in [0.3, 0.4) is 0 Å². The molecule has 0 bridgehead atoms. The van der Waals surface area contributed by atoms with Crippen LogP contribution < -0.4 is 5.32 Å². The first-order valence-corrected chi connectivity index (χ1v) is 10.0. The number of carbonyl (C=O) groups excluding carboxylic acids is 1. The molecule has 0 aliphatic carbocycles. The lowest BCUT2D eigenvalue weighted by Crippen LogP contribution is -2.11. The van der Waals surface area contributed by atoms with Gasteiger partial charge in [0.25, 0.3) is 5.91 Å². The lowest BCUT2D eigenvalue weighted by Gasteiger charge is -2.04. The van der Waals surface area contributed by atoms with E-state index in [-0.39, 0.29) is 5.91 Å². The summed E-state index contributed by atoms with van der Waals surface area (Å²) in [5.74, 6) is 1.04. The van der Waals surface area contributed by atoms with E-state index in [2.05, 4.69) is 34.1 Å². The number of fused-ring (bicyclic) bond motifs is 1. The number of hydrogen-bond acceptors (Lipinski definition) is 5. The number of thiazole rings is 1. The smallest absolute Gasteiger partial charge is 0.267 e. The molecule has 0 saturated heterocycles. The number of nitrogens with zero attached hydrogens (tertiary/aromatic N) is 2. The van der Waals surface area contributed by atoms with Crippen molar-refractivity contribution in [2.45, 2.75) is 26.7 Å². The molecule has 3 aromatic heterocycles. The summed E-state index contributed by atoms with van der Waals surface area (Å²) in [6.45, 7) is 6.04. The minimum absolute atomic E-state index is 0.121. The molecule has 4 rings (SSSR count). The molecule has 1 aromatic carbocycles. The molecule has 5 nitrogen and oxygen atoms in total. The number of amides is 1. The third kappa shape index (κ3) is 3.15. The Balaban J connectivity index is 1.60. The first-order valence-electron chi connectivity index (χ1n) is 8.33. The van der Waals surface area contributed by atoms with Crippen molar-refractivity contribution in [1.82, 2.24) is 15.0 Å². The maximum Gasteiger partial charge on any atom is 0.267 e. The monoisotopic (exact) mass is 382 g/mol.